The lowest BCUT2D eigenvalue weighted by atomic mass is 9.78. The zero-order valence-corrected chi connectivity index (χ0v) is 33.3. The highest BCUT2D eigenvalue weighted by molar-refractivity contribution is 5.91. The van der Waals surface area contributed by atoms with Gasteiger partial charge in [-0.25, -0.2) is 9.59 Å². The minimum Gasteiger partial charge on any atom is -0.507 e. The van der Waals surface area contributed by atoms with E-state index in [4.69, 9.17) is 9.47 Å². The number of phenols is 1. The van der Waals surface area contributed by atoms with Gasteiger partial charge >= 0.3 is 18.1 Å². The zero-order valence-electron chi connectivity index (χ0n) is 33.3. The van der Waals surface area contributed by atoms with E-state index < -0.39 is 18.2 Å². The van der Waals surface area contributed by atoms with E-state index in [1.165, 1.54) is 4.90 Å². The van der Waals surface area contributed by atoms with E-state index in [2.05, 4.69) is 10.2 Å². The van der Waals surface area contributed by atoms with E-state index in [9.17, 15) is 29.1 Å². The van der Waals surface area contributed by atoms with Gasteiger partial charge in [0.15, 0.2) is 12.7 Å². The smallest absolute Gasteiger partial charge is 0.410 e. The van der Waals surface area contributed by atoms with Crippen molar-refractivity contribution in [3.8, 4) is 5.75 Å². The lowest BCUT2D eigenvalue weighted by Gasteiger charge is -2.41. The molecule has 1 atom stereocenters. The summed E-state index contributed by atoms with van der Waals surface area (Å²) in [6.07, 6.45) is 4.24. The number of esters is 1. The van der Waals surface area contributed by atoms with Crippen molar-refractivity contribution in [2.45, 2.75) is 77.4 Å². The number of aromatic hydroxyl groups is 1. The Labute approximate surface area is 330 Å². The number of amides is 5. The zero-order chi connectivity index (χ0) is 39.9. The van der Waals surface area contributed by atoms with Crippen LogP contribution in [-0.4, -0.2) is 145 Å². The highest BCUT2D eigenvalue weighted by Crippen LogP contribution is 2.33. The van der Waals surface area contributed by atoms with E-state index >= 15 is 0 Å². The number of anilines is 1. The molecule has 0 bridgehead atoms. The van der Waals surface area contributed by atoms with Crippen molar-refractivity contribution in [2.24, 2.45) is 11.8 Å². The summed E-state index contributed by atoms with van der Waals surface area (Å²) in [7, 11) is 3.25. The summed E-state index contributed by atoms with van der Waals surface area (Å²) in [5.74, 6) is 0.303. The summed E-state index contributed by atoms with van der Waals surface area (Å²) >= 11 is 0. The molecule has 0 saturated carbocycles. The largest absolute Gasteiger partial charge is 0.507 e. The fourth-order valence-electron chi connectivity index (χ4n) is 8.73. The molecule has 4 aliphatic rings. The van der Waals surface area contributed by atoms with E-state index in [-0.39, 0.29) is 49.2 Å². The Balaban J connectivity index is 1.02. The predicted octanol–water partition coefficient (Wildman–Crippen LogP) is 4.19. The van der Waals surface area contributed by atoms with Crippen LogP contribution in [0, 0.1) is 25.7 Å². The first-order valence-corrected chi connectivity index (χ1v) is 20.1. The van der Waals surface area contributed by atoms with Gasteiger partial charge in [-0.1, -0.05) is 30.3 Å². The van der Waals surface area contributed by atoms with Crippen LogP contribution in [0.1, 0.15) is 60.8 Å². The first-order valence-electron chi connectivity index (χ1n) is 20.1. The highest BCUT2D eigenvalue weighted by Gasteiger charge is 2.37. The minimum absolute atomic E-state index is 0.0104. The third kappa shape index (κ3) is 10.1. The van der Waals surface area contributed by atoms with Crippen LogP contribution in [0.3, 0.4) is 0 Å². The molecular weight excluding hydrogens is 716 g/mol. The number of phenolic OH excluding ortho intramolecular Hbond substituents is 1. The van der Waals surface area contributed by atoms with Gasteiger partial charge in [0.2, 0.25) is 0 Å². The van der Waals surface area contributed by atoms with Crippen LogP contribution in [0.4, 0.5) is 15.3 Å². The Hall–Kier alpha value is -4.85. The molecule has 0 unspecified atom stereocenters. The van der Waals surface area contributed by atoms with Gasteiger partial charge in [-0.05, 0) is 112 Å². The van der Waals surface area contributed by atoms with Gasteiger partial charge in [-0.15, -0.1) is 0 Å². The normalized spacial score (nSPS) is 19.4. The number of hydrogen-bond acceptors (Lipinski definition) is 9. The molecule has 304 valence electrons. The summed E-state index contributed by atoms with van der Waals surface area (Å²) in [5, 5.41) is 13.4. The SMILES string of the molecule is Cc1cc(C[C@@H](OC(=O)N2CCC(N3CCc4ccccc4NC3=O)CC2)C(=O)N2CCC(C3CCN(CC(=O)OCC(=O)N(C)C)CC3)CC2)cc(C)c1O. The van der Waals surface area contributed by atoms with Crippen molar-refractivity contribution in [3.63, 3.8) is 0 Å². The summed E-state index contributed by atoms with van der Waals surface area (Å²) in [6.45, 7) is 7.70. The molecule has 0 aromatic heterocycles. The number of nitrogens with zero attached hydrogens (tertiary/aromatic N) is 5. The molecule has 4 heterocycles. The fraction of sp³-hybridized carbons (Fsp3) is 0.595. The van der Waals surface area contributed by atoms with Crippen LogP contribution in [0.5, 0.6) is 5.75 Å². The number of carbonyl (C=O) groups is 5. The molecule has 2 N–H and O–H groups in total. The number of carbonyl (C=O) groups excluding carboxylic acids is 5. The van der Waals surface area contributed by atoms with E-state index in [1.54, 1.807) is 19.0 Å². The lowest BCUT2D eigenvalue weighted by molar-refractivity contribution is -0.152. The van der Waals surface area contributed by atoms with Crippen molar-refractivity contribution in [1.29, 1.82) is 0 Å². The fourth-order valence-corrected chi connectivity index (χ4v) is 8.73. The molecule has 3 saturated heterocycles. The third-order valence-electron chi connectivity index (χ3n) is 12.2. The van der Waals surface area contributed by atoms with Crippen LogP contribution in [-0.2, 0) is 36.7 Å². The number of urea groups is 1. The molecule has 2 aromatic carbocycles. The number of likely N-dealkylation sites (N-methyl/N-ethyl adjacent to an activating group) is 1. The second-order valence-corrected chi connectivity index (χ2v) is 16.1. The van der Waals surface area contributed by atoms with Crippen LogP contribution in [0.2, 0.25) is 0 Å². The van der Waals surface area contributed by atoms with Crippen molar-refractivity contribution < 1.29 is 38.6 Å². The molecule has 0 spiro atoms. The highest BCUT2D eigenvalue weighted by atomic mass is 16.6. The molecule has 0 radical (unpaired) electrons. The average molecular weight is 775 g/mol. The number of piperidine rings is 3. The number of nitrogens with one attached hydrogen (secondary N) is 1. The number of para-hydroxylation sites is 1. The third-order valence-corrected chi connectivity index (χ3v) is 12.2. The number of hydrogen-bond donors (Lipinski definition) is 2. The van der Waals surface area contributed by atoms with Crippen LogP contribution >= 0.6 is 0 Å². The van der Waals surface area contributed by atoms with Gasteiger partial charge in [-0.2, -0.15) is 0 Å². The maximum absolute atomic E-state index is 14.2. The summed E-state index contributed by atoms with van der Waals surface area (Å²) in [6, 6.07) is 11.4. The monoisotopic (exact) mass is 774 g/mol. The van der Waals surface area contributed by atoms with Crippen LogP contribution < -0.4 is 5.32 Å². The van der Waals surface area contributed by atoms with E-state index in [0.717, 1.165) is 62.0 Å². The Morgan fingerprint density at radius 2 is 1.46 bits per heavy atom. The molecule has 3 fully saturated rings. The standard InChI is InChI=1S/C42H58N6O8/c1-28-23-30(24-29(2)39(28)51)25-36(56-42(54)47-20-14-34(15-21-47)48-22-13-33-7-5-6-8-35(33)43-41(48)53)40(52)46-18-11-32(12-19-46)31-9-16-45(17-10-31)26-38(50)55-27-37(49)44(3)4/h5-8,23-24,31-32,34,36,51H,9-22,25-27H2,1-4H3,(H,43,53)/t36-/m1/s1. The summed E-state index contributed by atoms with van der Waals surface area (Å²) in [5.41, 5.74) is 4.16. The number of benzene rings is 2. The number of ether oxygens (including phenoxy) is 2. The van der Waals surface area contributed by atoms with Gasteiger partial charge in [-0.3, -0.25) is 19.3 Å². The predicted molar refractivity (Wildman–Crippen MR) is 210 cm³/mol. The molecule has 4 aliphatic heterocycles. The van der Waals surface area contributed by atoms with Gasteiger partial charge < -0.3 is 39.5 Å². The first kappa shape index (κ1) is 40.8. The second-order valence-electron chi connectivity index (χ2n) is 16.1. The summed E-state index contributed by atoms with van der Waals surface area (Å²) < 4.78 is 11.2. The Morgan fingerprint density at radius 1 is 0.857 bits per heavy atom. The molecule has 0 aliphatic carbocycles. The van der Waals surface area contributed by atoms with Gasteiger partial charge in [0, 0.05) is 65.0 Å². The molecule has 6 rings (SSSR count). The van der Waals surface area contributed by atoms with E-state index in [1.807, 2.05) is 60.0 Å². The topological polar surface area (TPSA) is 152 Å². The van der Waals surface area contributed by atoms with Crippen LogP contribution in [0.15, 0.2) is 36.4 Å². The Kier molecular flexibility index (Phi) is 13.4. The number of likely N-dealkylation sites (tertiary alicyclic amines) is 3. The van der Waals surface area contributed by atoms with Gasteiger partial charge in [0.05, 0.1) is 6.54 Å². The van der Waals surface area contributed by atoms with Crippen molar-refractivity contribution in [2.75, 3.05) is 78.4 Å². The number of aryl methyl sites for hydroxylation is 2. The van der Waals surface area contributed by atoms with E-state index in [0.29, 0.717) is 68.5 Å². The minimum atomic E-state index is -1.02. The van der Waals surface area contributed by atoms with Gasteiger partial charge in [0.25, 0.3) is 11.8 Å². The van der Waals surface area contributed by atoms with Crippen molar-refractivity contribution in [3.05, 3.63) is 58.7 Å². The van der Waals surface area contributed by atoms with Crippen molar-refractivity contribution >= 4 is 35.6 Å². The van der Waals surface area contributed by atoms with Crippen molar-refractivity contribution in [1.82, 2.24) is 24.5 Å². The molecule has 5 amide bonds. The first-order chi connectivity index (χ1) is 26.9. The molecule has 56 heavy (non-hydrogen) atoms. The quantitative estimate of drug-likeness (QED) is 0.339. The Morgan fingerprint density at radius 3 is 2.11 bits per heavy atom. The maximum Gasteiger partial charge on any atom is 0.410 e. The Bertz CT molecular complexity index is 1720. The van der Waals surface area contributed by atoms with Gasteiger partial charge in [0.1, 0.15) is 5.75 Å². The lowest BCUT2D eigenvalue weighted by Crippen LogP contribution is -2.52. The maximum atomic E-state index is 14.2. The number of rotatable bonds is 10. The summed E-state index contributed by atoms with van der Waals surface area (Å²) in [4.78, 5) is 73.9. The molecule has 2 aromatic rings. The molecular formula is C42H58N6O8. The molecule has 14 nitrogen and oxygen atoms in total. The molecule has 14 heteroatoms. The van der Waals surface area contributed by atoms with Crippen LogP contribution in [0.25, 0.3) is 0 Å². The second kappa shape index (κ2) is 18.4. The number of fused-ring (bicyclic) bond motifs is 1. The average Bonchev–Trinajstić information content (AvgIpc) is 3.36.